The fourth-order valence-corrected chi connectivity index (χ4v) is 2.74. The topological polar surface area (TPSA) is 33.5 Å². The average Bonchev–Trinajstić information content (AvgIpc) is 2.65. The molecular weight excluding hydrogens is 310 g/mol. The van der Waals surface area contributed by atoms with Crippen LogP contribution in [0.15, 0.2) is 76.5 Å². The molecule has 0 radical (unpaired) electrons. The van der Waals surface area contributed by atoms with Gasteiger partial charge in [0, 0.05) is 30.1 Å². The van der Waals surface area contributed by atoms with Gasteiger partial charge in [0.05, 0.1) is 11.3 Å². The molecule has 0 fully saturated rings. The number of hydrogen-bond acceptors (Lipinski definition) is 3. The van der Waals surface area contributed by atoms with Crippen LogP contribution in [0, 0.1) is 11.8 Å². The van der Waals surface area contributed by atoms with Gasteiger partial charge in [0.2, 0.25) is 0 Å². The Kier molecular flexibility index (Phi) is 5.01. The van der Waals surface area contributed by atoms with E-state index in [1.54, 1.807) is 6.07 Å². The fourth-order valence-electron chi connectivity index (χ4n) is 2.74. The van der Waals surface area contributed by atoms with Crippen molar-refractivity contribution in [2.45, 2.75) is 6.92 Å². The third kappa shape index (κ3) is 3.64. The van der Waals surface area contributed by atoms with Crippen LogP contribution in [0.4, 0.5) is 5.69 Å². The first-order valence-electron chi connectivity index (χ1n) is 8.22. The van der Waals surface area contributed by atoms with E-state index < -0.39 is 0 Å². The van der Waals surface area contributed by atoms with Gasteiger partial charge in [-0.25, -0.2) is 4.79 Å². The predicted octanol–water partition coefficient (Wildman–Crippen LogP) is 4.21. The molecule has 3 nitrogen and oxygen atoms in total. The molecule has 1 heterocycles. The Bertz CT molecular complexity index is 1010. The molecule has 0 N–H and O–H groups in total. The lowest BCUT2D eigenvalue weighted by molar-refractivity contribution is 0.561. The van der Waals surface area contributed by atoms with E-state index in [1.807, 2.05) is 48.5 Å². The van der Waals surface area contributed by atoms with Gasteiger partial charge in [0.1, 0.15) is 5.58 Å². The van der Waals surface area contributed by atoms with Crippen molar-refractivity contribution >= 4 is 16.7 Å². The zero-order chi connectivity index (χ0) is 17.6. The minimum absolute atomic E-state index is 0.361. The Hall–Kier alpha value is -3.25. The minimum atomic E-state index is -0.361. The van der Waals surface area contributed by atoms with Gasteiger partial charge >= 0.3 is 5.63 Å². The molecule has 2 aromatic carbocycles. The molecular formula is C22H19NO2. The minimum Gasteiger partial charge on any atom is -0.423 e. The number of rotatable bonds is 4. The number of fused-ring (bicyclic) bond motifs is 1. The molecule has 3 rings (SSSR count). The molecule has 0 saturated heterocycles. The maximum Gasteiger partial charge on any atom is 0.336 e. The lowest BCUT2D eigenvalue weighted by Gasteiger charge is -2.23. The quantitative estimate of drug-likeness (QED) is 0.408. The number of anilines is 1. The normalized spacial score (nSPS) is 10.1. The van der Waals surface area contributed by atoms with Crippen molar-refractivity contribution in [3.8, 4) is 11.8 Å². The van der Waals surface area contributed by atoms with Gasteiger partial charge in [-0.2, -0.15) is 0 Å². The van der Waals surface area contributed by atoms with Crippen molar-refractivity contribution < 1.29 is 4.42 Å². The maximum atomic E-state index is 11.5. The molecule has 25 heavy (non-hydrogen) atoms. The maximum absolute atomic E-state index is 11.5. The Morgan fingerprint density at radius 2 is 1.88 bits per heavy atom. The molecule has 0 bridgehead atoms. The summed E-state index contributed by atoms with van der Waals surface area (Å²) in [5, 5.41) is 0.836. The average molecular weight is 329 g/mol. The molecule has 3 aromatic rings. The van der Waals surface area contributed by atoms with Crippen molar-refractivity contribution in [1.82, 2.24) is 0 Å². The zero-order valence-electron chi connectivity index (χ0n) is 14.2. The van der Waals surface area contributed by atoms with E-state index in [9.17, 15) is 4.79 Å². The summed E-state index contributed by atoms with van der Waals surface area (Å²) in [6.07, 6.45) is 1.87. The number of likely N-dealkylation sites (N-methyl/N-ethyl adjacent to an activating group) is 1. The summed E-state index contributed by atoms with van der Waals surface area (Å²) in [7, 11) is 0. The highest BCUT2D eigenvalue weighted by Gasteiger charge is 2.12. The van der Waals surface area contributed by atoms with Crippen molar-refractivity contribution in [2.75, 3.05) is 18.0 Å². The summed E-state index contributed by atoms with van der Waals surface area (Å²) in [6.45, 7) is 7.47. The van der Waals surface area contributed by atoms with Crippen LogP contribution in [-0.4, -0.2) is 13.1 Å². The highest BCUT2D eigenvalue weighted by Crippen LogP contribution is 2.28. The Morgan fingerprint density at radius 1 is 1.08 bits per heavy atom. The molecule has 0 aliphatic carbocycles. The van der Waals surface area contributed by atoms with Crippen molar-refractivity contribution in [3.05, 3.63) is 88.8 Å². The number of benzene rings is 2. The van der Waals surface area contributed by atoms with Gasteiger partial charge in [-0.05, 0) is 37.3 Å². The lowest BCUT2D eigenvalue weighted by Crippen LogP contribution is -2.23. The van der Waals surface area contributed by atoms with Crippen LogP contribution in [0.1, 0.15) is 18.1 Å². The Morgan fingerprint density at radius 3 is 2.60 bits per heavy atom. The van der Waals surface area contributed by atoms with Gasteiger partial charge in [0.15, 0.2) is 0 Å². The highest BCUT2D eigenvalue weighted by molar-refractivity contribution is 5.90. The molecule has 0 saturated carbocycles. The fraction of sp³-hybridized carbons (Fsp3) is 0.136. The number of hydrogen-bond donors (Lipinski definition) is 0. The molecule has 0 aliphatic rings. The van der Waals surface area contributed by atoms with Crippen LogP contribution in [-0.2, 0) is 0 Å². The summed E-state index contributed by atoms with van der Waals surface area (Å²) >= 11 is 0. The second kappa shape index (κ2) is 7.55. The van der Waals surface area contributed by atoms with E-state index in [0.29, 0.717) is 5.58 Å². The summed E-state index contributed by atoms with van der Waals surface area (Å²) < 4.78 is 5.32. The molecule has 0 atom stereocenters. The first-order chi connectivity index (χ1) is 12.2. The lowest BCUT2D eigenvalue weighted by atomic mass is 10.1. The molecule has 3 heteroatoms. The third-order valence-corrected chi connectivity index (χ3v) is 3.96. The molecule has 0 spiro atoms. The first kappa shape index (κ1) is 16.6. The molecule has 1 aromatic heterocycles. The summed E-state index contributed by atoms with van der Waals surface area (Å²) in [6, 6.07) is 16.8. The van der Waals surface area contributed by atoms with Crippen molar-refractivity contribution in [1.29, 1.82) is 0 Å². The molecule has 0 unspecified atom stereocenters. The predicted molar refractivity (Wildman–Crippen MR) is 103 cm³/mol. The SMILES string of the molecule is C=CCN(CC)c1ccc2oc(=O)ccc2c1C#Cc1ccccc1. The summed E-state index contributed by atoms with van der Waals surface area (Å²) in [5.74, 6) is 6.48. The van der Waals surface area contributed by atoms with E-state index in [0.717, 1.165) is 35.3 Å². The van der Waals surface area contributed by atoms with E-state index in [4.69, 9.17) is 4.42 Å². The first-order valence-corrected chi connectivity index (χ1v) is 8.22. The molecule has 124 valence electrons. The van der Waals surface area contributed by atoms with E-state index >= 15 is 0 Å². The van der Waals surface area contributed by atoms with Crippen LogP contribution in [0.2, 0.25) is 0 Å². The van der Waals surface area contributed by atoms with Crippen LogP contribution in [0.5, 0.6) is 0 Å². The van der Waals surface area contributed by atoms with Gasteiger partial charge in [0.25, 0.3) is 0 Å². The second-order valence-corrected chi connectivity index (χ2v) is 5.57. The van der Waals surface area contributed by atoms with E-state index in [-0.39, 0.29) is 5.63 Å². The third-order valence-electron chi connectivity index (χ3n) is 3.96. The van der Waals surface area contributed by atoms with Gasteiger partial charge < -0.3 is 9.32 Å². The van der Waals surface area contributed by atoms with E-state index in [1.165, 1.54) is 6.07 Å². The second-order valence-electron chi connectivity index (χ2n) is 5.57. The van der Waals surface area contributed by atoms with E-state index in [2.05, 4.69) is 30.2 Å². The monoisotopic (exact) mass is 329 g/mol. The summed E-state index contributed by atoms with van der Waals surface area (Å²) in [5.41, 5.74) is 2.99. The van der Waals surface area contributed by atoms with Crippen LogP contribution >= 0.6 is 0 Å². The molecule has 0 amide bonds. The largest absolute Gasteiger partial charge is 0.423 e. The van der Waals surface area contributed by atoms with Gasteiger partial charge in [-0.15, -0.1) is 6.58 Å². The number of nitrogens with zero attached hydrogens (tertiary/aromatic N) is 1. The Labute approximate surface area is 147 Å². The van der Waals surface area contributed by atoms with Crippen LogP contribution < -0.4 is 10.5 Å². The summed E-state index contributed by atoms with van der Waals surface area (Å²) in [4.78, 5) is 13.7. The smallest absolute Gasteiger partial charge is 0.336 e. The van der Waals surface area contributed by atoms with Gasteiger partial charge in [-0.1, -0.05) is 36.1 Å². The Balaban J connectivity index is 2.22. The standard InChI is InChI=1S/C22H19NO2/c1-3-16-23(4-2)20-13-14-21-19(12-15-22(24)25-21)18(20)11-10-17-8-6-5-7-9-17/h3,5-9,12-15H,1,4,16H2,2H3. The van der Waals surface area contributed by atoms with Gasteiger partial charge in [-0.3, -0.25) is 0 Å². The van der Waals surface area contributed by atoms with Crippen LogP contribution in [0.25, 0.3) is 11.0 Å². The zero-order valence-corrected chi connectivity index (χ0v) is 14.2. The highest BCUT2D eigenvalue weighted by atomic mass is 16.4. The molecule has 0 aliphatic heterocycles. The van der Waals surface area contributed by atoms with Crippen molar-refractivity contribution in [3.63, 3.8) is 0 Å². The van der Waals surface area contributed by atoms with Crippen LogP contribution in [0.3, 0.4) is 0 Å². The van der Waals surface area contributed by atoms with Crippen molar-refractivity contribution in [2.24, 2.45) is 0 Å².